The average Bonchev–Trinajstić information content (AvgIpc) is 2.73. The van der Waals surface area contributed by atoms with Gasteiger partial charge in [0, 0.05) is 19.0 Å². The molecule has 31 heavy (non-hydrogen) atoms. The summed E-state index contributed by atoms with van der Waals surface area (Å²) in [7, 11) is 4.28. The number of anilines is 2. The molecule has 3 rings (SSSR count). The Morgan fingerprint density at radius 2 is 1.65 bits per heavy atom. The number of amides is 3. The fourth-order valence-electron chi connectivity index (χ4n) is 4.53. The molecule has 1 aromatic carbocycles. The van der Waals surface area contributed by atoms with E-state index < -0.39 is 6.03 Å². The normalized spacial score (nSPS) is 23.4. The van der Waals surface area contributed by atoms with E-state index in [1.54, 1.807) is 0 Å². The van der Waals surface area contributed by atoms with Gasteiger partial charge in [0.2, 0.25) is 11.9 Å². The number of aromatic nitrogens is 2. The van der Waals surface area contributed by atoms with Gasteiger partial charge in [-0.2, -0.15) is 0 Å². The summed E-state index contributed by atoms with van der Waals surface area (Å²) in [6.07, 6.45) is 6.92. The molecule has 1 saturated carbocycles. The molecule has 3 amide bonds. The molecule has 1 aliphatic carbocycles. The van der Waals surface area contributed by atoms with Crippen molar-refractivity contribution >= 4 is 23.6 Å². The lowest BCUT2D eigenvalue weighted by Crippen LogP contribution is -2.50. The summed E-state index contributed by atoms with van der Waals surface area (Å²) in [5, 5.41) is 2.52. The van der Waals surface area contributed by atoms with Crippen LogP contribution in [-0.2, 0) is 10.3 Å². The molecule has 0 bridgehead atoms. The second kappa shape index (κ2) is 9.01. The molecule has 8 heteroatoms. The number of carbonyl (C=O) groups is 2. The van der Waals surface area contributed by atoms with E-state index >= 15 is 0 Å². The Labute approximate surface area is 183 Å². The van der Waals surface area contributed by atoms with Gasteiger partial charge in [-0.15, -0.1) is 0 Å². The zero-order valence-electron chi connectivity index (χ0n) is 18.8. The topological polar surface area (TPSA) is 104 Å². The zero-order valence-corrected chi connectivity index (χ0v) is 18.8. The second-order valence-electron chi connectivity index (χ2n) is 8.97. The maximum Gasteiger partial charge on any atom is 0.319 e. The minimum atomic E-state index is -0.537. The molecule has 166 valence electrons. The molecule has 0 aliphatic heterocycles. The Kier molecular flexibility index (Phi) is 6.59. The Balaban J connectivity index is 1.76. The third kappa shape index (κ3) is 5.02. The van der Waals surface area contributed by atoms with Crippen LogP contribution in [0.3, 0.4) is 0 Å². The predicted octanol–water partition coefficient (Wildman–Crippen LogP) is 3.36. The quantitative estimate of drug-likeness (QED) is 0.740. The molecule has 8 nitrogen and oxygen atoms in total. The summed E-state index contributed by atoms with van der Waals surface area (Å²) in [5.41, 5.74) is 7.47. The van der Waals surface area contributed by atoms with Crippen LogP contribution in [0.25, 0.3) is 0 Å². The molecule has 3 N–H and O–H groups in total. The highest BCUT2D eigenvalue weighted by molar-refractivity contribution is 5.90. The van der Waals surface area contributed by atoms with Crippen molar-refractivity contribution in [1.82, 2.24) is 14.9 Å². The van der Waals surface area contributed by atoms with E-state index in [4.69, 9.17) is 5.73 Å². The van der Waals surface area contributed by atoms with E-state index in [0.717, 1.165) is 25.7 Å². The van der Waals surface area contributed by atoms with Crippen LogP contribution in [0.5, 0.6) is 0 Å². The van der Waals surface area contributed by atoms with Gasteiger partial charge in [0.05, 0.1) is 18.1 Å². The first-order chi connectivity index (χ1) is 14.7. The number of rotatable bonds is 6. The number of urea groups is 1. The highest BCUT2D eigenvalue weighted by Crippen LogP contribution is 2.48. The number of nitrogens with zero attached hydrogens (tertiary/aromatic N) is 4. The van der Waals surface area contributed by atoms with Crippen molar-refractivity contribution < 1.29 is 9.59 Å². The van der Waals surface area contributed by atoms with Crippen LogP contribution in [0.15, 0.2) is 42.7 Å². The fraction of sp³-hybridized carbons (Fsp3) is 0.478. The number of benzene rings is 1. The highest BCUT2D eigenvalue weighted by Gasteiger charge is 2.44. The van der Waals surface area contributed by atoms with Crippen LogP contribution in [0.2, 0.25) is 0 Å². The number of primary amides is 1. The van der Waals surface area contributed by atoms with E-state index in [0.29, 0.717) is 12.2 Å². The molecule has 0 atom stereocenters. The van der Waals surface area contributed by atoms with E-state index in [1.807, 2.05) is 6.07 Å². The lowest BCUT2D eigenvalue weighted by Gasteiger charge is -2.50. The Hall–Kier alpha value is -3.00. The van der Waals surface area contributed by atoms with E-state index in [9.17, 15) is 9.59 Å². The average molecular weight is 425 g/mol. The smallest absolute Gasteiger partial charge is 0.319 e. The Morgan fingerprint density at radius 1 is 1.06 bits per heavy atom. The molecule has 2 aromatic rings. The summed E-state index contributed by atoms with van der Waals surface area (Å²) in [6, 6.07) is 10.1. The number of hydrogen-bond donors (Lipinski definition) is 2. The monoisotopic (exact) mass is 424 g/mol. The first-order valence-corrected chi connectivity index (χ1v) is 10.5. The number of nitrogens with one attached hydrogen (secondary N) is 1. The van der Waals surface area contributed by atoms with Crippen LogP contribution < -0.4 is 16.0 Å². The number of hydrogen-bond acceptors (Lipinski definition) is 5. The Morgan fingerprint density at radius 3 is 2.13 bits per heavy atom. The largest absolute Gasteiger partial charge is 0.351 e. The summed E-state index contributed by atoms with van der Waals surface area (Å²) in [5.74, 6) is -0.0554. The van der Waals surface area contributed by atoms with Gasteiger partial charge < -0.3 is 5.73 Å². The minimum absolute atomic E-state index is 0.0125. The van der Waals surface area contributed by atoms with E-state index in [-0.39, 0.29) is 22.8 Å². The first kappa shape index (κ1) is 22.7. The molecular weight excluding hydrogens is 392 g/mol. The van der Waals surface area contributed by atoms with Crippen molar-refractivity contribution in [3.63, 3.8) is 0 Å². The van der Waals surface area contributed by atoms with Gasteiger partial charge in [0.15, 0.2) is 0 Å². The molecule has 1 heterocycles. The second-order valence-corrected chi connectivity index (χ2v) is 8.97. The van der Waals surface area contributed by atoms with Crippen LogP contribution >= 0.6 is 0 Å². The number of nitrogens with two attached hydrogens (primary N) is 1. The molecule has 1 fully saturated rings. The minimum Gasteiger partial charge on any atom is -0.351 e. The maximum absolute atomic E-state index is 12.3. The first-order valence-electron chi connectivity index (χ1n) is 10.5. The molecule has 0 saturated heterocycles. The highest BCUT2D eigenvalue weighted by atomic mass is 16.2. The van der Waals surface area contributed by atoms with Gasteiger partial charge in [0.25, 0.3) is 0 Å². The number of carbonyl (C=O) groups excluding carboxylic acids is 2. The molecule has 1 aromatic heterocycles. The standard InChI is InChI=1S/C23H32N6O2/c1-17(30)27-21-25-14-19(15-26-21)29(20(24)31)16-22(2)10-12-23(13-11-22,28(3)4)18-8-6-5-7-9-18/h5-9,14-15H,10-13,16H2,1-4H3,(H2,24,31)(H,25,26,27,30)/t22-,23-. The third-order valence-electron chi connectivity index (χ3n) is 6.50. The van der Waals surface area contributed by atoms with E-state index in [1.165, 1.54) is 29.8 Å². The van der Waals surface area contributed by atoms with Crippen LogP contribution in [-0.4, -0.2) is 47.4 Å². The maximum atomic E-state index is 12.3. The van der Waals surface area contributed by atoms with Gasteiger partial charge >= 0.3 is 6.03 Å². The zero-order chi connectivity index (χ0) is 22.6. The van der Waals surface area contributed by atoms with Crippen molar-refractivity contribution in [3.05, 3.63) is 48.3 Å². The van der Waals surface area contributed by atoms with Gasteiger partial charge in [-0.25, -0.2) is 14.8 Å². The van der Waals surface area contributed by atoms with Gasteiger partial charge in [-0.05, 0) is 50.8 Å². The lowest BCUT2D eigenvalue weighted by molar-refractivity contribution is -0.114. The molecule has 0 radical (unpaired) electrons. The van der Waals surface area contributed by atoms with Crippen molar-refractivity contribution in [2.45, 2.75) is 45.1 Å². The molecule has 0 spiro atoms. The van der Waals surface area contributed by atoms with Crippen molar-refractivity contribution in [2.24, 2.45) is 11.1 Å². The van der Waals surface area contributed by atoms with Crippen molar-refractivity contribution in [3.8, 4) is 0 Å². The van der Waals surface area contributed by atoms with Crippen LogP contribution in [0.4, 0.5) is 16.4 Å². The van der Waals surface area contributed by atoms with Crippen LogP contribution in [0, 0.1) is 5.41 Å². The van der Waals surface area contributed by atoms with Crippen molar-refractivity contribution in [1.29, 1.82) is 0 Å². The fourth-order valence-corrected chi connectivity index (χ4v) is 4.53. The van der Waals surface area contributed by atoms with Gasteiger partial charge in [-0.3, -0.25) is 19.9 Å². The molecule has 0 unspecified atom stereocenters. The predicted molar refractivity (Wildman–Crippen MR) is 122 cm³/mol. The third-order valence-corrected chi connectivity index (χ3v) is 6.50. The van der Waals surface area contributed by atoms with E-state index in [2.05, 4.69) is 65.5 Å². The van der Waals surface area contributed by atoms with Gasteiger partial charge in [-0.1, -0.05) is 37.3 Å². The lowest BCUT2D eigenvalue weighted by atomic mass is 9.65. The van der Waals surface area contributed by atoms with Gasteiger partial charge in [0.1, 0.15) is 0 Å². The molecular formula is C23H32N6O2. The summed E-state index contributed by atoms with van der Waals surface area (Å²) >= 11 is 0. The van der Waals surface area contributed by atoms with Crippen LogP contribution in [0.1, 0.15) is 45.1 Å². The SMILES string of the molecule is CC(=O)Nc1ncc(N(C[C@]2(C)CC[C@@](c3ccccc3)(N(C)C)CC2)C(N)=O)cn1. The molecule has 1 aliphatic rings. The Bertz CT molecular complexity index is 905. The summed E-state index contributed by atoms with van der Waals surface area (Å²) in [4.78, 5) is 35.5. The summed E-state index contributed by atoms with van der Waals surface area (Å²) in [6.45, 7) is 4.09. The van der Waals surface area contributed by atoms with Crippen molar-refractivity contribution in [2.75, 3.05) is 30.9 Å². The summed E-state index contributed by atoms with van der Waals surface area (Å²) < 4.78 is 0.